The summed E-state index contributed by atoms with van der Waals surface area (Å²) in [6.45, 7) is 0. The summed E-state index contributed by atoms with van der Waals surface area (Å²) in [7, 11) is 0. The van der Waals surface area contributed by atoms with Crippen LogP contribution in [0, 0.1) is 56.7 Å². The topological polar surface area (TPSA) is 175 Å². The van der Waals surface area contributed by atoms with E-state index in [0.29, 0.717) is 90.2 Å². The van der Waals surface area contributed by atoms with E-state index in [-0.39, 0.29) is 0 Å². The number of fused-ring (bicyclic) bond motifs is 3. The summed E-state index contributed by atoms with van der Waals surface area (Å²) >= 11 is 0. The Bertz CT molecular complexity index is 4090. The van der Waals surface area contributed by atoms with Crippen molar-refractivity contribution in [2.24, 2.45) is 0 Å². The Labute approximate surface area is 442 Å². The van der Waals surface area contributed by atoms with Crippen LogP contribution in [0.4, 0.5) is 0 Å². The van der Waals surface area contributed by atoms with Gasteiger partial charge < -0.3 is 4.57 Å². The molecule has 77 heavy (non-hydrogen) atoms. The number of nitriles is 5. The van der Waals surface area contributed by atoms with E-state index in [1.54, 1.807) is 36.4 Å². The highest BCUT2D eigenvalue weighted by atomic mass is 15.0. The van der Waals surface area contributed by atoms with Gasteiger partial charge in [-0.25, -0.2) is 19.9 Å². The summed E-state index contributed by atoms with van der Waals surface area (Å²) in [4.78, 5) is 21.1. The van der Waals surface area contributed by atoms with Crippen LogP contribution in [0.5, 0.6) is 0 Å². The van der Waals surface area contributed by atoms with Gasteiger partial charge in [0.2, 0.25) is 0 Å². The second-order valence-electron chi connectivity index (χ2n) is 18.3. The third kappa shape index (κ3) is 8.84. The summed E-state index contributed by atoms with van der Waals surface area (Å²) < 4.78 is 2.17. The molecule has 0 amide bonds. The molecule has 0 atom stereocenters. The molecule has 0 fully saturated rings. The molecule has 12 rings (SSSR count). The number of benzene rings is 9. The zero-order valence-corrected chi connectivity index (χ0v) is 40.8. The quantitative estimate of drug-likeness (QED) is 0.136. The molecule has 3 heterocycles. The standard InChI is InChI=1S/C67H36N10/c68-37-42-25-43(38-69)28-53(27-42)51-21-23-55-56-24-22-52(54-29-44(39-70)26-45(30-54)40-71)34-64(56)77(63(55)33-51)65-57(61-35-59(47-13-5-1-6-14-47)73-66(75-61)49-17-9-3-10-18-49)31-46(41-72)32-58(65)62-36-60(48-15-7-2-8-16-48)74-67(76-62)50-19-11-4-12-20-50/h1-36H. The fourth-order valence-electron chi connectivity index (χ4n) is 9.91. The number of hydrogen-bond acceptors (Lipinski definition) is 9. The largest absolute Gasteiger partial charge is 0.308 e. The van der Waals surface area contributed by atoms with Gasteiger partial charge in [-0.3, -0.25) is 0 Å². The van der Waals surface area contributed by atoms with Crippen molar-refractivity contribution in [3.05, 3.63) is 246 Å². The maximum Gasteiger partial charge on any atom is 0.160 e. The average Bonchev–Trinajstić information content (AvgIpc) is 4.07. The van der Waals surface area contributed by atoms with Gasteiger partial charge in [-0.05, 0) is 95.1 Å². The van der Waals surface area contributed by atoms with E-state index in [9.17, 15) is 26.3 Å². The zero-order chi connectivity index (χ0) is 52.4. The van der Waals surface area contributed by atoms with Gasteiger partial charge in [-0.2, -0.15) is 26.3 Å². The van der Waals surface area contributed by atoms with E-state index in [2.05, 4.69) is 47.0 Å². The van der Waals surface area contributed by atoms with Gasteiger partial charge in [0.05, 0.1) is 97.7 Å². The Kier molecular flexibility index (Phi) is 11.9. The molecule has 10 nitrogen and oxygen atoms in total. The Hall–Kier alpha value is -11.6. The van der Waals surface area contributed by atoms with E-state index < -0.39 is 0 Å². The summed E-state index contributed by atoms with van der Waals surface area (Å²) in [5, 5.41) is 53.4. The molecule has 10 heteroatoms. The fraction of sp³-hybridized carbons (Fsp3) is 0. The van der Waals surface area contributed by atoms with Gasteiger partial charge in [-0.1, -0.05) is 146 Å². The van der Waals surface area contributed by atoms with Crippen LogP contribution in [0.2, 0.25) is 0 Å². The van der Waals surface area contributed by atoms with Crippen molar-refractivity contribution in [2.75, 3.05) is 0 Å². The Morgan fingerprint density at radius 2 is 0.597 bits per heavy atom. The highest BCUT2D eigenvalue weighted by molar-refractivity contribution is 6.12. The first-order valence-corrected chi connectivity index (χ1v) is 24.5. The van der Waals surface area contributed by atoms with Crippen LogP contribution in [0.15, 0.2) is 218 Å². The van der Waals surface area contributed by atoms with Crippen LogP contribution in [-0.4, -0.2) is 24.5 Å². The molecular weight excluding hydrogens is 945 g/mol. The molecule has 0 unspecified atom stereocenters. The zero-order valence-electron chi connectivity index (χ0n) is 40.8. The lowest BCUT2D eigenvalue weighted by Crippen LogP contribution is -2.06. The first-order valence-electron chi connectivity index (χ1n) is 24.5. The minimum absolute atomic E-state index is 0.344. The summed E-state index contributed by atoms with van der Waals surface area (Å²) in [6.07, 6.45) is 0. The molecular formula is C67H36N10. The van der Waals surface area contributed by atoms with Crippen LogP contribution in [0.3, 0.4) is 0 Å². The summed E-state index contributed by atoms with van der Waals surface area (Å²) in [5.74, 6) is 0.944. The molecule has 12 aromatic rings. The summed E-state index contributed by atoms with van der Waals surface area (Å²) in [6, 6.07) is 80.8. The van der Waals surface area contributed by atoms with Gasteiger partial charge >= 0.3 is 0 Å². The van der Waals surface area contributed by atoms with E-state index >= 15 is 0 Å². The Morgan fingerprint density at radius 3 is 0.948 bits per heavy atom. The number of nitrogens with zero attached hydrogens (tertiary/aromatic N) is 10. The molecule has 0 bridgehead atoms. The molecule has 0 saturated carbocycles. The number of hydrogen-bond donors (Lipinski definition) is 0. The van der Waals surface area contributed by atoms with Gasteiger partial charge in [0.1, 0.15) is 0 Å². The van der Waals surface area contributed by atoms with E-state index in [1.165, 1.54) is 0 Å². The lowest BCUT2D eigenvalue weighted by Gasteiger charge is -2.21. The second-order valence-corrected chi connectivity index (χ2v) is 18.3. The number of rotatable bonds is 9. The van der Waals surface area contributed by atoms with E-state index in [0.717, 1.165) is 55.2 Å². The molecule has 0 spiro atoms. The lowest BCUT2D eigenvalue weighted by atomic mass is 9.95. The maximum absolute atomic E-state index is 11.2. The third-order valence-electron chi connectivity index (χ3n) is 13.5. The van der Waals surface area contributed by atoms with Gasteiger partial charge in [0, 0.05) is 44.2 Å². The Balaban J connectivity index is 1.27. The van der Waals surface area contributed by atoms with Gasteiger partial charge in [0.25, 0.3) is 0 Å². The van der Waals surface area contributed by atoms with Crippen molar-refractivity contribution in [2.45, 2.75) is 0 Å². The molecule has 354 valence electrons. The van der Waals surface area contributed by atoms with Crippen LogP contribution >= 0.6 is 0 Å². The first-order chi connectivity index (χ1) is 37.9. The van der Waals surface area contributed by atoms with Crippen LogP contribution in [0.1, 0.15) is 27.8 Å². The van der Waals surface area contributed by atoms with E-state index in [1.807, 2.05) is 170 Å². The SMILES string of the molecule is N#Cc1cc(C#N)cc(-c2ccc3c4ccc(-c5cc(C#N)cc(C#N)c5)cc4n(-c4c(-c5cc(-c6ccccc6)nc(-c6ccccc6)n5)cc(C#N)cc4-c4cc(-c5ccccc5)nc(-c5ccccc5)n4)c3c2)c1. The Morgan fingerprint density at radius 1 is 0.273 bits per heavy atom. The van der Waals surface area contributed by atoms with Crippen LogP contribution in [0.25, 0.3) is 118 Å². The van der Waals surface area contributed by atoms with Crippen molar-refractivity contribution in [1.82, 2.24) is 24.5 Å². The minimum Gasteiger partial charge on any atom is -0.308 e. The van der Waals surface area contributed by atoms with Crippen molar-refractivity contribution < 1.29 is 0 Å². The maximum atomic E-state index is 11.2. The highest BCUT2D eigenvalue weighted by Gasteiger charge is 2.26. The first kappa shape index (κ1) is 46.5. The molecule has 0 saturated heterocycles. The third-order valence-corrected chi connectivity index (χ3v) is 13.5. The minimum atomic E-state index is 0.344. The predicted molar refractivity (Wildman–Crippen MR) is 299 cm³/mol. The predicted octanol–water partition coefficient (Wildman–Crippen LogP) is 15.1. The number of aromatic nitrogens is 5. The van der Waals surface area contributed by atoms with Crippen LogP contribution in [-0.2, 0) is 0 Å². The second kappa shape index (κ2) is 19.8. The molecule has 0 aliphatic carbocycles. The average molecular weight is 981 g/mol. The highest BCUT2D eigenvalue weighted by Crippen LogP contribution is 2.45. The summed E-state index contributed by atoms with van der Waals surface area (Å²) in [5.41, 5.74) is 13.5. The molecule has 0 aliphatic heterocycles. The molecule has 0 aliphatic rings. The monoisotopic (exact) mass is 980 g/mol. The van der Waals surface area contributed by atoms with E-state index in [4.69, 9.17) is 19.9 Å². The van der Waals surface area contributed by atoms with Gasteiger partial charge in [0.15, 0.2) is 11.6 Å². The van der Waals surface area contributed by atoms with Crippen LogP contribution < -0.4 is 0 Å². The van der Waals surface area contributed by atoms with Crippen molar-refractivity contribution in [1.29, 1.82) is 26.3 Å². The molecule has 0 radical (unpaired) electrons. The smallest absolute Gasteiger partial charge is 0.160 e. The molecule has 9 aromatic carbocycles. The van der Waals surface area contributed by atoms with Crippen molar-refractivity contribution >= 4 is 21.8 Å². The lowest BCUT2D eigenvalue weighted by molar-refractivity contribution is 1.14. The van der Waals surface area contributed by atoms with Gasteiger partial charge in [-0.15, -0.1) is 0 Å². The fourth-order valence-corrected chi connectivity index (χ4v) is 9.91. The van der Waals surface area contributed by atoms with Crippen molar-refractivity contribution in [3.8, 4) is 126 Å². The van der Waals surface area contributed by atoms with Crippen molar-refractivity contribution in [3.63, 3.8) is 0 Å². The molecule has 0 N–H and O–H groups in total. The molecule has 3 aromatic heterocycles. The normalized spacial score (nSPS) is 10.8.